The van der Waals surface area contributed by atoms with Crippen LogP contribution in [0.3, 0.4) is 0 Å². The summed E-state index contributed by atoms with van der Waals surface area (Å²) in [5.74, 6) is 0.941. The molecule has 0 saturated carbocycles. The topological polar surface area (TPSA) is 42.0 Å². The molecule has 1 unspecified atom stereocenters. The number of nitrogens with one attached hydrogen (secondary N) is 1. The van der Waals surface area contributed by atoms with Gasteiger partial charge in [-0.1, -0.05) is 11.6 Å². The molecule has 0 bridgehead atoms. The number of carbonyl (C=O) groups is 1. The molecule has 3 nitrogen and oxygen atoms in total. The van der Waals surface area contributed by atoms with Crippen LogP contribution in [0.25, 0.3) is 0 Å². The second-order valence-electron chi connectivity index (χ2n) is 3.52. The maximum Gasteiger partial charge on any atom is 0.251 e. The third kappa shape index (κ3) is 4.41. The first-order valence-electron chi connectivity index (χ1n) is 5.05. The van der Waals surface area contributed by atoms with Gasteiger partial charge in [-0.05, 0) is 37.5 Å². The number of thioether (sulfide) groups is 1. The van der Waals surface area contributed by atoms with Crippen molar-refractivity contribution < 1.29 is 4.79 Å². The van der Waals surface area contributed by atoms with E-state index in [0.29, 0.717) is 10.7 Å². The fourth-order valence-corrected chi connectivity index (χ4v) is 1.98. The van der Waals surface area contributed by atoms with E-state index in [1.54, 1.807) is 23.9 Å². The van der Waals surface area contributed by atoms with Crippen LogP contribution < -0.4 is 5.32 Å². The van der Waals surface area contributed by atoms with Crippen LogP contribution in [0.15, 0.2) is 18.3 Å². The van der Waals surface area contributed by atoms with Crippen molar-refractivity contribution in [1.29, 1.82) is 0 Å². The summed E-state index contributed by atoms with van der Waals surface area (Å²) < 4.78 is 0. The van der Waals surface area contributed by atoms with Gasteiger partial charge in [0.2, 0.25) is 0 Å². The molecule has 0 radical (unpaired) electrons. The number of amides is 1. The highest BCUT2D eigenvalue weighted by molar-refractivity contribution is 7.98. The van der Waals surface area contributed by atoms with E-state index in [1.165, 1.54) is 6.20 Å². The summed E-state index contributed by atoms with van der Waals surface area (Å²) >= 11 is 7.49. The monoisotopic (exact) mass is 258 g/mol. The molecule has 0 aliphatic carbocycles. The largest absolute Gasteiger partial charge is 0.350 e. The zero-order valence-electron chi connectivity index (χ0n) is 9.37. The standard InChI is InChI=1S/C11H15ClN2OS/c1-8(4-6-16-2)14-11(15)9-3-5-13-10(12)7-9/h3,5,7-8H,4,6H2,1-2H3,(H,14,15). The molecule has 5 heteroatoms. The molecule has 1 amide bonds. The summed E-state index contributed by atoms with van der Waals surface area (Å²) in [5.41, 5.74) is 0.552. The van der Waals surface area contributed by atoms with E-state index in [9.17, 15) is 4.79 Å². The molecule has 1 heterocycles. The van der Waals surface area contributed by atoms with Crippen molar-refractivity contribution in [2.75, 3.05) is 12.0 Å². The van der Waals surface area contributed by atoms with E-state index in [4.69, 9.17) is 11.6 Å². The lowest BCUT2D eigenvalue weighted by molar-refractivity contribution is 0.0939. The second kappa shape index (κ2) is 6.76. The molecule has 88 valence electrons. The van der Waals surface area contributed by atoms with Gasteiger partial charge in [-0.15, -0.1) is 0 Å². The summed E-state index contributed by atoms with van der Waals surface area (Å²) in [5, 5.41) is 3.26. The lowest BCUT2D eigenvalue weighted by Crippen LogP contribution is -2.32. The second-order valence-corrected chi connectivity index (χ2v) is 4.90. The highest BCUT2D eigenvalue weighted by Crippen LogP contribution is 2.07. The quantitative estimate of drug-likeness (QED) is 0.826. The summed E-state index contributed by atoms with van der Waals surface area (Å²) in [7, 11) is 0. The van der Waals surface area contributed by atoms with Gasteiger partial charge in [-0.25, -0.2) is 4.98 Å². The van der Waals surface area contributed by atoms with Crippen LogP contribution in [-0.2, 0) is 0 Å². The molecule has 1 atom stereocenters. The molecule has 1 aromatic heterocycles. The van der Waals surface area contributed by atoms with Crippen LogP contribution in [0.1, 0.15) is 23.7 Å². The number of hydrogen-bond acceptors (Lipinski definition) is 3. The van der Waals surface area contributed by atoms with Gasteiger partial charge in [0.1, 0.15) is 5.15 Å². The highest BCUT2D eigenvalue weighted by Gasteiger charge is 2.09. The number of hydrogen-bond donors (Lipinski definition) is 1. The van der Waals surface area contributed by atoms with Gasteiger partial charge in [0, 0.05) is 17.8 Å². The number of rotatable bonds is 5. The molecule has 0 saturated heterocycles. The van der Waals surface area contributed by atoms with E-state index in [0.717, 1.165) is 12.2 Å². The van der Waals surface area contributed by atoms with Gasteiger partial charge < -0.3 is 5.32 Å². The minimum Gasteiger partial charge on any atom is -0.350 e. The lowest BCUT2D eigenvalue weighted by atomic mass is 10.2. The molecular formula is C11H15ClN2OS. The Balaban J connectivity index is 2.52. The van der Waals surface area contributed by atoms with Crippen molar-refractivity contribution in [2.24, 2.45) is 0 Å². The third-order valence-corrected chi connectivity index (χ3v) is 2.97. The minimum absolute atomic E-state index is 0.0992. The van der Waals surface area contributed by atoms with Crippen molar-refractivity contribution in [3.63, 3.8) is 0 Å². The van der Waals surface area contributed by atoms with Gasteiger partial charge in [-0.3, -0.25) is 4.79 Å². The van der Waals surface area contributed by atoms with Crippen LogP contribution in [0.4, 0.5) is 0 Å². The summed E-state index contributed by atoms with van der Waals surface area (Å²) in [6.45, 7) is 2.00. The van der Waals surface area contributed by atoms with E-state index in [-0.39, 0.29) is 11.9 Å². The first kappa shape index (κ1) is 13.3. The maximum atomic E-state index is 11.8. The van der Waals surface area contributed by atoms with Crippen molar-refractivity contribution in [3.8, 4) is 0 Å². The molecule has 1 aromatic rings. The molecule has 0 aliphatic rings. The third-order valence-electron chi connectivity index (χ3n) is 2.12. The van der Waals surface area contributed by atoms with Crippen LogP contribution in [-0.4, -0.2) is 28.9 Å². The van der Waals surface area contributed by atoms with Gasteiger partial charge in [0.05, 0.1) is 0 Å². The number of carbonyl (C=O) groups excluding carboxylic acids is 1. The maximum absolute atomic E-state index is 11.8. The van der Waals surface area contributed by atoms with Crippen molar-refractivity contribution in [3.05, 3.63) is 29.0 Å². The first-order chi connectivity index (χ1) is 7.63. The number of halogens is 1. The summed E-state index contributed by atoms with van der Waals surface area (Å²) in [4.78, 5) is 15.6. The molecule has 16 heavy (non-hydrogen) atoms. The Morgan fingerprint density at radius 1 is 1.69 bits per heavy atom. The zero-order chi connectivity index (χ0) is 12.0. The zero-order valence-corrected chi connectivity index (χ0v) is 10.9. The molecule has 1 N–H and O–H groups in total. The van der Waals surface area contributed by atoms with Crippen LogP contribution in [0, 0.1) is 0 Å². The van der Waals surface area contributed by atoms with E-state index in [1.807, 2.05) is 6.92 Å². The Kier molecular flexibility index (Phi) is 5.63. The van der Waals surface area contributed by atoms with Gasteiger partial charge in [-0.2, -0.15) is 11.8 Å². The van der Waals surface area contributed by atoms with Crippen molar-refractivity contribution in [1.82, 2.24) is 10.3 Å². The van der Waals surface area contributed by atoms with Crippen LogP contribution in [0.5, 0.6) is 0 Å². The van der Waals surface area contributed by atoms with Gasteiger partial charge >= 0.3 is 0 Å². The summed E-state index contributed by atoms with van der Waals surface area (Å²) in [6, 6.07) is 3.40. The highest BCUT2D eigenvalue weighted by atomic mass is 35.5. The predicted molar refractivity (Wildman–Crippen MR) is 69.2 cm³/mol. The molecule has 1 rings (SSSR count). The molecule has 0 spiro atoms. The molecule has 0 aliphatic heterocycles. The Morgan fingerprint density at radius 3 is 3.06 bits per heavy atom. The molecule has 0 fully saturated rings. The first-order valence-corrected chi connectivity index (χ1v) is 6.82. The van der Waals surface area contributed by atoms with Crippen molar-refractivity contribution >= 4 is 29.3 Å². The van der Waals surface area contributed by atoms with Crippen LogP contribution >= 0.6 is 23.4 Å². The predicted octanol–water partition coefficient (Wildman–Crippen LogP) is 2.61. The Labute approximate surface area is 105 Å². The number of pyridine rings is 1. The molecular weight excluding hydrogens is 244 g/mol. The summed E-state index contributed by atoms with van der Waals surface area (Å²) in [6.07, 6.45) is 4.55. The average molecular weight is 259 g/mol. The Morgan fingerprint density at radius 2 is 2.44 bits per heavy atom. The lowest BCUT2D eigenvalue weighted by Gasteiger charge is -2.13. The van der Waals surface area contributed by atoms with Crippen molar-refractivity contribution in [2.45, 2.75) is 19.4 Å². The van der Waals surface area contributed by atoms with Gasteiger partial charge in [0.15, 0.2) is 0 Å². The fourth-order valence-electron chi connectivity index (χ4n) is 1.22. The minimum atomic E-state index is -0.0992. The normalized spacial score (nSPS) is 12.2. The van der Waals surface area contributed by atoms with E-state index < -0.39 is 0 Å². The van der Waals surface area contributed by atoms with E-state index >= 15 is 0 Å². The average Bonchev–Trinajstić information content (AvgIpc) is 2.26. The fraction of sp³-hybridized carbons (Fsp3) is 0.455. The van der Waals surface area contributed by atoms with E-state index in [2.05, 4.69) is 16.6 Å². The Bertz CT molecular complexity index is 360. The SMILES string of the molecule is CSCCC(C)NC(=O)c1ccnc(Cl)c1. The van der Waals surface area contributed by atoms with Crippen LogP contribution in [0.2, 0.25) is 5.15 Å². The number of nitrogens with zero attached hydrogens (tertiary/aromatic N) is 1. The molecule has 0 aromatic carbocycles. The number of aromatic nitrogens is 1. The van der Waals surface area contributed by atoms with Gasteiger partial charge in [0.25, 0.3) is 5.91 Å². The Hall–Kier alpha value is -0.740. The smallest absolute Gasteiger partial charge is 0.251 e.